The van der Waals surface area contributed by atoms with Crippen LogP contribution in [0.4, 0.5) is 0 Å². The third-order valence-corrected chi connectivity index (χ3v) is 6.39. The minimum Gasteiger partial charge on any atom is -0.390 e. The van der Waals surface area contributed by atoms with Crippen LogP contribution >= 0.6 is 0 Å². The molecule has 4 aliphatic carbocycles. The molecule has 0 aromatic heterocycles. The molecular weight excluding hydrogens is 212 g/mol. The first-order valence-electron chi connectivity index (χ1n) is 7.26. The maximum atomic E-state index is 10.8. The van der Waals surface area contributed by atoms with Crippen LogP contribution in [0.2, 0.25) is 0 Å². The minimum absolute atomic E-state index is 0.397. The molecule has 4 bridgehead atoms. The fourth-order valence-corrected chi connectivity index (χ4v) is 5.06. The molecule has 4 aliphatic rings. The fraction of sp³-hybridized carbons (Fsp3) is 1.00. The van der Waals surface area contributed by atoms with Gasteiger partial charge in [-0.05, 0) is 75.5 Å². The van der Waals surface area contributed by atoms with Gasteiger partial charge in [-0.3, -0.25) is 0 Å². The Kier molecular flexibility index (Phi) is 2.45. The predicted molar refractivity (Wildman–Crippen MR) is 67.5 cm³/mol. The molecule has 0 aromatic carbocycles. The Morgan fingerprint density at radius 1 is 0.706 bits per heavy atom. The van der Waals surface area contributed by atoms with Gasteiger partial charge >= 0.3 is 0 Å². The van der Waals surface area contributed by atoms with Crippen LogP contribution in [-0.2, 0) is 0 Å². The average molecular weight is 238 g/mol. The molecule has 4 rings (SSSR count). The summed E-state index contributed by atoms with van der Waals surface area (Å²) in [5.74, 6) is 2.28. The first-order chi connectivity index (χ1) is 7.81. The van der Waals surface area contributed by atoms with Crippen molar-refractivity contribution in [3.63, 3.8) is 0 Å². The molecule has 0 heterocycles. The average Bonchev–Trinajstić information content (AvgIpc) is 2.21. The van der Waals surface area contributed by atoms with Gasteiger partial charge in [0.15, 0.2) is 0 Å². The quantitative estimate of drug-likeness (QED) is 0.681. The van der Waals surface area contributed by atoms with Gasteiger partial charge in [-0.25, -0.2) is 0 Å². The van der Waals surface area contributed by atoms with E-state index >= 15 is 0 Å². The van der Waals surface area contributed by atoms with Crippen LogP contribution in [-0.4, -0.2) is 21.4 Å². The first kappa shape index (κ1) is 12.0. The van der Waals surface area contributed by atoms with Crippen LogP contribution in [0.15, 0.2) is 0 Å². The van der Waals surface area contributed by atoms with Gasteiger partial charge in [0.25, 0.3) is 0 Å². The number of hydrogen-bond acceptors (Lipinski definition) is 2. The summed E-state index contributed by atoms with van der Waals surface area (Å²) in [6, 6.07) is 0. The van der Waals surface area contributed by atoms with Crippen LogP contribution in [0.1, 0.15) is 52.9 Å². The molecule has 0 amide bonds. The molecule has 0 aliphatic heterocycles. The summed E-state index contributed by atoms with van der Waals surface area (Å²) in [5, 5.41) is 21.6. The first-order valence-corrected chi connectivity index (χ1v) is 7.26. The standard InChI is InChI=1S/C15H26O2/c1-9-4-10-6-13-8-12(14(10,2)16)7-11(5-9)15(13,3)17/h9-13,16-17H,4-8H2,1-3H3/t9?,10?,11?,12-,13-,14+,15+/m1/s1. The van der Waals surface area contributed by atoms with E-state index in [0.717, 1.165) is 32.1 Å². The fourth-order valence-electron chi connectivity index (χ4n) is 5.06. The van der Waals surface area contributed by atoms with Crippen molar-refractivity contribution in [2.45, 2.75) is 64.1 Å². The van der Waals surface area contributed by atoms with Gasteiger partial charge in [0, 0.05) is 0 Å². The molecule has 2 unspecified atom stereocenters. The van der Waals surface area contributed by atoms with Crippen molar-refractivity contribution in [1.29, 1.82) is 0 Å². The van der Waals surface area contributed by atoms with Crippen molar-refractivity contribution in [2.75, 3.05) is 0 Å². The van der Waals surface area contributed by atoms with Crippen molar-refractivity contribution in [3.05, 3.63) is 0 Å². The number of hydrogen-bond donors (Lipinski definition) is 2. The smallest absolute Gasteiger partial charge is 0.0676 e. The second kappa shape index (κ2) is 3.48. The van der Waals surface area contributed by atoms with E-state index in [9.17, 15) is 10.2 Å². The molecular formula is C15H26O2. The normalized spacial score (nSPS) is 62.3. The van der Waals surface area contributed by atoms with Crippen molar-refractivity contribution in [1.82, 2.24) is 0 Å². The zero-order valence-corrected chi connectivity index (χ0v) is 11.3. The third kappa shape index (κ3) is 1.60. The van der Waals surface area contributed by atoms with Crippen LogP contribution < -0.4 is 0 Å². The second-order valence-electron chi connectivity index (χ2n) is 7.52. The van der Waals surface area contributed by atoms with Gasteiger partial charge in [0.2, 0.25) is 0 Å². The van der Waals surface area contributed by atoms with E-state index in [2.05, 4.69) is 6.92 Å². The molecule has 2 N–H and O–H groups in total. The Morgan fingerprint density at radius 3 is 1.35 bits per heavy atom. The van der Waals surface area contributed by atoms with Crippen LogP contribution in [0.5, 0.6) is 0 Å². The molecule has 0 aromatic rings. The molecule has 2 heteroatoms. The van der Waals surface area contributed by atoms with E-state index < -0.39 is 11.2 Å². The van der Waals surface area contributed by atoms with Gasteiger partial charge < -0.3 is 10.2 Å². The maximum Gasteiger partial charge on any atom is 0.0676 e. The number of aliphatic hydroxyl groups is 2. The van der Waals surface area contributed by atoms with Gasteiger partial charge in [-0.2, -0.15) is 0 Å². The summed E-state index contributed by atoms with van der Waals surface area (Å²) in [5.41, 5.74) is -0.972. The summed E-state index contributed by atoms with van der Waals surface area (Å²) >= 11 is 0. The summed E-state index contributed by atoms with van der Waals surface area (Å²) in [6.45, 7) is 6.38. The minimum atomic E-state index is -0.486. The summed E-state index contributed by atoms with van der Waals surface area (Å²) in [4.78, 5) is 0. The van der Waals surface area contributed by atoms with Crippen molar-refractivity contribution in [2.24, 2.45) is 29.6 Å². The molecule has 17 heavy (non-hydrogen) atoms. The van der Waals surface area contributed by atoms with E-state index in [0.29, 0.717) is 29.6 Å². The Balaban J connectivity index is 2.00. The number of fused-ring (bicyclic) bond motifs is 2. The van der Waals surface area contributed by atoms with E-state index in [1.54, 1.807) is 0 Å². The third-order valence-electron chi connectivity index (χ3n) is 6.39. The van der Waals surface area contributed by atoms with Crippen LogP contribution in [0.25, 0.3) is 0 Å². The molecule has 0 radical (unpaired) electrons. The second-order valence-corrected chi connectivity index (χ2v) is 7.52. The van der Waals surface area contributed by atoms with Crippen LogP contribution in [0.3, 0.4) is 0 Å². The van der Waals surface area contributed by atoms with Gasteiger partial charge in [0.05, 0.1) is 11.2 Å². The lowest BCUT2D eigenvalue weighted by molar-refractivity contribution is -0.204. The highest BCUT2D eigenvalue weighted by atomic mass is 16.3. The molecule has 4 saturated carbocycles. The van der Waals surface area contributed by atoms with E-state index in [1.165, 1.54) is 0 Å². The lowest BCUT2D eigenvalue weighted by Gasteiger charge is -2.59. The summed E-state index contributed by atoms with van der Waals surface area (Å²) in [6.07, 6.45) is 5.37. The Morgan fingerprint density at radius 2 is 1.00 bits per heavy atom. The largest absolute Gasteiger partial charge is 0.390 e. The zero-order chi connectivity index (χ0) is 12.4. The SMILES string of the molecule is CC1CC2C[C@@H]3C[C@@H](CC(C1)[C@]3(C)O)[C@@]2(C)O. The van der Waals surface area contributed by atoms with Gasteiger partial charge in [-0.15, -0.1) is 0 Å². The van der Waals surface area contributed by atoms with Gasteiger partial charge in [-0.1, -0.05) is 6.92 Å². The Labute approximate surface area is 104 Å². The summed E-state index contributed by atoms with van der Waals surface area (Å²) < 4.78 is 0. The molecule has 2 nitrogen and oxygen atoms in total. The molecule has 4 fully saturated rings. The van der Waals surface area contributed by atoms with Crippen molar-refractivity contribution < 1.29 is 10.2 Å². The monoisotopic (exact) mass is 238 g/mol. The Bertz CT molecular complexity index is 291. The lowest BCUT2D eigenvalue weighted by atomic mass is 9.49. The molecule has 0 saturated heterocycles. The van der Waals surface area contributed by atoms with Crippen molar-refractivity contribution in [3.8, 4) is 0 Å². The van der Waals surface area contributed by atoms with Gasteiger partial charge in [0.1, 0.15) is 0 Å². The van der Waals surface area contributed by atoms with E-state index in [-0.39, 0.29) is 0 Å². The van der Waals surface area contributed by atoms with Crippen molar-refractivity contribution >= 4 is 0 Å². The summed E-state index contributed by atoms with van der Waals surface area (Å²) in [7, 11) is 0. The van der Waals surface area contributed by atoms with Crippen LogP contribution in [0, 0.1) is 29.6 Å². The zero-order valence-electron chi connectivity index (χ0n) is 11.3. The van der Waals surface area contributed by atoms with E-state index in [1.807, 2.05) is 13.8 Å². The highest BCUT2D eigenvalue weighted by Gasteiger charge is 2.57. The highest BCUT2D eigenvalue weighted by Crippen LogP contribution is 2.58. The predicted octanol–water partition coefficient (Wildman–Crippen LogP) is 2.58. The Hall–Kier alpha value is -0.0800. The maximum absolute atomic E-state index is 10.8. The molecule has 6 atom stereocenters. The van der Waals surface area contributed by atoms with E-state index in [4.69, 9.17) is 0 Å². The molecule has 0 spiro atoms. The number of rotatable bonds is 0. The topological polar surface area (TPSA) is 40.5 Å². The highest BCUT2D eigenvalue weighted by molar-refractivity contribution is 5.08. The molecule has 98 valence electrons. The lowest BCUT2D eigenvalue weighted by Crippen LogP contribution is -2.61.